The van der Waals surface area contributed by atoms with Gasteiger partial charge in [-0.3, -0.25) is 0 Å². The monoisotopic (exact) mass is 253 g/mol. The Morgan fingerprint density at radius 2 is 1.72 bits per heavy atom. The summed E-state index contributed by atoms with van der Waals surface area (Å²) in [6.07, 6.45) is 3.28. The van der Waals surface area contributed by atoms with Gasteiger partial charge in [0.1, 0.15) is 0 Å². The van der Waals surface area contributed by atoms with Crippen LogP contribution in [0.5, 0.6) is 12.0 Å². The zero-order valence-electron chi connectivity index (χ0n) is 10.2. The Bertz CT molecular complexity index is 415. The first-order valence-corrected chi connectivity index (χ1v) is 5.52. The fraction of sp³-hybridized carbons (Fsp3) is 0.444. The lowest BCUT2D eigenvalue weighted by Gasteiger charge is -2.17. The Balaban J connectivity index is 2.25. The number of hydrogen-bond acceptors (Lipinski definition) is 9. The molecule has 0 aromatic carbocycles. The van der Waals surface area contributed by atoms with Crippen LogP contribution in [0.2, 0.25) is 0 Å². The molecule has 0 saturated carbocycles. The van der Waals surface area contributed by atoms with Crippen molar-refractivity contribution in [3.8, 4) is 12.0 Å². The Labute approximate surface area is 104 Å². The van der Waals surface area contributed by atoms with Gasteiger partial charge in [-0.15, -0.1) is 10.5 Å². The van der Waals surface area contributed by atoms with E-state index >= 15 is 0 Å². The van der Waals surface area contributed by atoms with Crippen LogP contribution in [-0.4, -0.2) is 33.3 Å². The molecule has 3 N–H and O–H groups in total. The molecule has 0 unspecified atom stereocenters. The number of hydrazine groups is 3. The van der Waals surface area contributed by atoms with E-state index in [0.717, 1.165) is 0 Å². The van der Waals surface area contributed by atoms with Gasteiger partial charge in [-0.05, 0) is 13.8 Å². The Morgan fingerprint density at radius 3 is 2.17 bits per heavy atom. The Morgan fingerprint density at radius 1 is 1.11 bits per heavy atom. The van der Waals surface area contributed by atoms with Gasteiger partial charge >= 0.3 is 12.0 Å². The van der Waals surface area contributed by atoms with E-state index in [4.69, 9.17) is 15.3 Å². The van der Waals surface area contributed by atoms with Crippen molar-refractivity contribution in [1.29, 1.82) is 0 Å². The molecule has 9 heteroatoms. The first-order valence-electron chi connectivity index (χ1n) is 5.52. The van der Waals surface area contributed by atoms with Gasteiger partial charge in [0.2, 0.25) is 0 Å². The number of nitrogens with two attached hydrogens (primary N) is 1. The molecule has 0 radical (unpaired) electrons. The SMILES string of the molecule is CCOc1nc(OCC)nc(N2C=CN(N)N2)n1. The summed E-state index contributed by atoms with van der Waals surface area (Å²) in [5, 5.41) is 2.79. The van der Waals surface area contributed by atoms with E-state index < -0.39 is 0 Å². The second kappa shape index (κ2) is 5.47. The molecular weight excluding hydrogens is 238 g/mol. The van der Waals surface area contributed by atoms with Gasteiger partial charge in [-0.2, -0.15) is 9.97 Å². The van der Waals surface area contributed by atoms with E-state index in [9.17, 15) is 0 Å². The van der Waals surface area contributed by atoms with E-state index in [1.54, 1.807) is 12.4 Å². The van der Waals surface area contributed by atoms with Crippen LogP contribution < -0.4 is 25.9 Å². The molecule has 2 heterocycles. The van der Waals surface area contributed by atoms with Crippen LogP contribution in [0.15, 0.2) is 12.4 Å². The third kappa shape index (κ3) is 2.76. The number of aromatic nitrogens is 3. The maximum Gasteiger partial charge on any atom is 0.324 e. The maximum atomic E-state index is 5.52. The van der Waals surface area contributed by atoms with Crippen LogP contribution >= 0.6 is 0 Å². The van der Waals surface area contributed by atoms with Crippen LogP contribution in [0.25, 0.3) is 0 Å². The summed E-state index contributed by atoms with van der Waals surface area (Å²) in [4.78, 5) is 12.3. The van der Waals surface area contributed by atoms with E-state index in [2.05, 4.69) is 20.5 Å². The van der Waals surface area contributed by atoms with Crippen molar-refractivity contribution >= 4 is 5.95 Å². The molecular formula is C9H15N7O2. The number of anilines is 1. The molecule has 1 aliphatic heterocycles. The highest BCUT2D eigenvalue weighted by Gasteiger charge is 2.17. The molecule has 0 aliphatic carbocycles. The molecule has 0 spiro atoms. The molecule has 1 aromatic heterocycles. The third-order valence-corrected chi connectivity index (χ3v) is 1.94. The van der Waals surface area contributed by atoms with Gasteiger partial charge in [0.25, 0.3) is 5.95 Å². The van der Waals surface area contributed by atoms with Gasteiger partial charge in [0.05, 0.1) is 19.4 Å². The minimum Gasteiger partial charge on any atom is -0.464 e. The van der Waals surface area contributed by atoms with Crippen LogP contribution in [0, 0.1) is 0 Å². The van der Waals surface area contributed by atoms with Crippen LogP contribution in [0.3, 0.4) is 0 Å². The molecule has 1 aliphatic rings. The van der Waals surface area contributed by atoms with Crippen molar-refractivity contribution in [2.24, 2.45) is 5.84 Å². The lowest BCUT2D eigenvalue weighted by molar-refractivity contribution is 0.274. The normalized spacial score (nSPS) is 14.2. The van der Waals surface area contributed by atoms with Crippen molar-refractivity contribution in [3.05, 3.63) is 12.4 Å². The van der Waals surface area contributed by atoms with Crippen molar-refractivity contribution in [2.75, 3.05) is 18.2 Å². The zero-order valence-corrected chi connectivity index (χ0v) is 10.2. The summed E-state index contributed by atoms with van der Waals surface area (Å²) in [6, 6.07) is 0.410. The van der Waals surface area contributed by atoms with Gasteiger partial charge in [0.15, 0.2) is 0 Å². The topological polar surface area (TPSA) is 102 Å². The minimum atomic E-state index is 0.205. The number of hydrogen-bond donors (Lipinski definition) is 2. The highest BCUT2D eigenvalue weighted by atomic mass is 16.5. The number of ether oxygens (including phenoxy) is 2. The summed E-state index contributed by atoms with van der Waals surface area (Å²) in [6.45, 7) is 4.61. The van der Waals surface area contributed by atoms with Gasteiger partial charge < -0.3 is 9.47 Å². The molecule has 0 bridgehead atoms. The fourth-order valence-corrected chi connectivity index (χ4v) is 1.26. The molecule has 1 aromatic rings. The van der Waals surface area contributed by atoms with E-state index in [1.165, 1.54) is 10.1 Å². The maximum absolute atomic E-state index is 5.52. The quantitative estimate of drug-likeness (QED) is 0.676. The zero-order chi connectivity index (χ0) is 13.0. The van der Waals surface area contributed by atoms with Crippen molar-refractivity contribution in [2.45, 2.75) is 13.8 Å². The van der Waals surface area contributed by atoms with E-state index in [1.807, 2.05) is 13.8 Å². The van der Waals surface area contributed by atoms with E-state index in [-0.39, 0.29) is 12.0 Å². The first kappa shape index (κ1) is 12.3. The second-order valence-electron chi connectivity index (χ2n) is 3.24. The van der Waals surface area contributed by atoms with Gasteiger partial charge in [0, 0.05) is 6.20 Å². The third-order valence-electron chi connectivity index (χ3n) is 1.94. The number of nitrogens with zero attached hydrogens (tertiary/aromatic N) is 5. The predicted molar refractivity (Wildman–Crippen MR) is 62.9 cm³/mol. The molecule has 0 atom stereocenters. The van der Waals surface area contributed by atoms with Crippen LogP contribution in [0.4, 0.5) is 5.95 Å². The number of rotatable bonds is 5. The predicted octanol–water partition coefficient (Wildman–Crippen LogP) is -0.444. The van der Waals surface area contributed by atoms with Crippen LogP contribution in [0.1, 0.15) is 13.8 Å². The summed E-state index contributed by atoms with van der Waals surface area (Å²) >= 11 is 0. The largest absolute Gasteiger partial charge is 0.464 e. The molecule has 9 nitrogen and oxygen atoms in total. The lowest BCUT2D eigenvalue weighted by Crippen LogP contribution is -2.43. The lowest BCUT2D eigenvalue weighted by atomic mass is 10.8. The van der Waals surface area contributed by atoms with Crippen molar-refractivity contribution in [1.82, 2.24) is 25.6 Å². The van der Waals surface area contributed by atoms with Crippen molar-refractivity contribution < 1.29 is 9.47 Å². The van der Waals surface area contributed by atoms with Crippen LogP contribution in [-0.2, 0) is 0 Å². The average molecular weight is 253 g/mol. The number of nitrogens with one attached hydrogen (secondary N) is 1. The Kier molecular flexibility index (Phi) is 3.75. The molecule has 0 saturated heterocycles. The highest BCUT2D eigenvalue weighted by molar-refractivity contribution is 5.35. The molecule has 0 amide bonds. The first-order chi connectivity index (χ1) is 8.72. The summed E-state index contributed by atoms with van der Waals surface area (Å²) < 4.78 is 10.5. The van der Waals surface area contributed by atoms with E-state index in [0.29, 0.717) is 19.2 Å². The molecule has 18 heavy (non-hydrogen) atoms. The highest BCUT2D eigenvalue weighted by Crippen LogP contribution is 2.17. The second-order valence-corrected chi connectivity index (χ2v) is 3.24. The summed E-state index contributed by atoms with van der Waals surface area (Å²) in [5.74, 6) is 5.85. The summed E-state index contributed by atoms with van der Waals surface area (Å²) in [5.41, 5.74) is 2.78. The molecule has 2 rings (SSSR count). The molecule has 0 fully saturated rings. The summed E-state index contributed by atoms with van der Waals surface area (Å²) in [7, 11) is 0. The minimum absolute atomic E-state index is 0.205. The smallest absolute Gasteiger partial charge is 0.324 e. The average Bonchev–Trinajstić information content (AvgIpc) is 2.76. The molecule has 98 valence electrons. The Hall–Kier alpha value is -2.13. The fourth-order valence-electron chi connectivity index (χ4n) is 1.26. The van der Waals surface area contributed by atoms with Gasteiger partial charge in [-0.1, -0.05) is 0 Å². The van der Waals surface area contributed by atoms with Gasteiger partial charge in [-0.25, -0.2) is 16.0 Å². The van der Waals surface area contributed by atoms with Crippen molar-refractivity contribution in [3.63, 3.8) is 0 Å². The standard InChI is InChI=1S/C9H15N7O2/c1-3-17-8-11-7(12-9(13-8)18-4-2)15-5-6-16(10)14-15/h5-6,14H,3-4,10H2,1-2H3.